The molecule has 3 rings (SSSR count). The zero-order valence-corrected chi connectivity index (χ0v) is 16.0. The predicted octanol–water partition coefficient (Wildman–Crippen LogP) is 3.77. The van der Waals surface area contributed by atoms with E-state index in [4.69, 9.17) is 0 Å². The van der Waals surface area contributed by atoms with E-state index in [0.717, 1.165) is 5.56 Å². The topological polar surface area (TPSA) is 66.1 Å². The molecule has 0 aliphatic carbocycles. The maximum Gasteiger partial charge on any atom is 0.258 e. The summed E-state index contributed by atoms with van der Waals surface area (Å²) in [6, 6.07) is 15.5. The Balaban J connectivity index is 1.59. The van der Waals surface area contributed by atoms with Crippen molar-refractivity contribution in [2.45, 2.75) is 39.2 Å². The van der Waals surface area contributed by atoms with Crippen molar-refractivity contribution in [1.82, 2.24) is 14.9 Å². The third-order valence-electron chi connectivity index (χ3n) is 5.00. The first kappa shape index (κ1) is 18.8. The molecular weight excluding hydrogens is 338 g/mol. The van der Waals surface area contributed by atoms with E-state index in [-0.39, 0.29) is 17.5 Å². The van der Waals surface area contributed by atoms with E-state index in [0.29, 0.717) is 36.0 Å². The second-order valence-electron chi connectivity index (χ2n) is 6.97. The standard InChI is InChI=1S/C22H25N3O2/c1-15-11-13-17(14-12-15)16(2)25(3)21(26)10-6-9-20-23-19-8-5-4-7-18(19)22(27)24-20/h4-5,7-8,11-14,16H,6,9-10H2,1-3H3,(H,23,24,27). The molecule has 5 nitrogen and oxygen atoms in total. The summed E-state index contributed by atoms with van der Waals surface area (Å²) in [5.74, 6) is 0.715. The third kappa shape index (κ3) is 4.42. The minimum Gasteiger partial charge on any atom is -0.339 e. The molecule has 3 aromatic rings. The van der Waals surface area contributed by atoms with Crippen molar-refractivity contribution in [3.05, 3.63) is 75.8 Å². The van der Waals surface area contributed by atoms with E-state index in [9.17, 15) is 9.59 Å². The van der Waals surface area contributed by atoms with Crippen LogP contribution < -0.4 is 5.56 Å². The van der Waals surface area contributed by atoms with Gasteiger partial charge in [0.25, 0.3) is 5.56 Å². The normalized spacial score (nSPS) is 12.1. The number of carbonyl (C=O) groups excluding carboxylic acids is 1. The molecule has 0 spiro atoms. The number of para-hydroxylation sites is 1. The fourth-order valence-electron chi connectivity index (χ4n) is 3.12. The summed E-state index contributed by atoms with van der Waals surface area (Å²) in [7, 11) is 1.84. The lowest BCUT2D eigenvalue weighted by molar-refractivity contribution is -0.131. The van der Waals surface area contributed by atoms with Gasteiger partial charge >= 0.3 is 0 Å². The number of rotatable bonds is 6. The summed E-state index contributed by atoms with van der Waals surface area (Å²) in [5, 5.41) is 0.587. The fraction of sp³-hybridized carbons (Fsp3) is 0.318. The number of aryl methyl sites for hydroxylation is 2. The lowest BCUT2D eigenvalue weighted by Crippen LogP contribution is -2.29. The largest absolute Gasteiger partial charge is 0.339 e. The number of hydrogen-bond acceptors (Lipinski definition) is 3. The number of benzene rings is 2. The van der Waals surface area contributed by atoms with Crippen LogP contribution in [0.1, 0.15) is 42.8 Å². The molecule has 0 fully saturated rings. The molecule has 140 valence electrons. The minimum atomic E-state index is -0.132. The van der Waals surface area contributed by atoms with E-state index in [1.54, 1.807) is 11.0 Å². The van der Waals surface area contributed by atoms with Crippen molar-refractivity contribution in [2.24, 2.45) is 0 Å². The Morgan fingerprint density at radius 3 is 2.59 bits per heavy atom. The van der Waals surface area contributed by atoms with Crippen molar-refractivity contribution in [3.63, 3.8) is 0 Å². The van der Waals surface area contributed by atoms with Gasteiger partial charge in [-0.05, 0) is 38.0 Å². The number of nitrogens with one attached hydrogen (secondary N) is 1. The predicted molar refractivity (Wildman–Crippen MR) is 108 cm³/mol. The number of hydrogen-bond donors (Lipinski definition) is 1. The van der Waals surface area contributed by atoms with Crippen LogP contribution >= 0.6 is 0 Å². The van der Waals surface area contributed by atoms with Gasteiger partial charge in [-0.2, -0.15) is 0 Å². The molecule has 0 radical (unpaired) electrons. The Bertz CT molecular complexity index is 992. The van der Waals surface area contributed by atoms with Gasteiger partial charge in [0.1, 0.15) is 5.82 Å². The van der Waals surface area contributed by atoms with Crippen LogP contribution in [0.15, 0.2) is 53.3 Å². The zero-order chi connectivity index (χ0) is 19.4. The molecule has 0 saturated carbocycles. The lowest BCUT2D eigenvalue weighted by Gasteiger charge is -2.25. The van der Waals surface area contributed by atoms with Gasteiger partial charge < -0.3 is 9.88 Å². The third-order valence-corrected chi connectivity index (χ3v) is 5.00. The number of aromatic amines is 1. The highest BCUT2D eigenvalue weighted by Gasteiger charge is 2.17. The second kappa shape index (κ2) is 8.16. The van der Waals surface area contributed by atoms with Crippen molar-refractivity contribution < 1.29 is 4.79 Å². The summed E-state index contributed by atoms with van der Waals surface area (Å²) in [4.78, 5) is 33.7. The molecule has 1 amide bonds. The molecule has 1 N–H and O–H groups in total. The van der Waals surface area contributed by atoms with Gasteiger partial charge in [-0.3, -0.25) is 9.59 Å². The molecule has 0 saturated heterocycles. The molecule has 2 aromatic carbocycles. The smallest absolute Gasteiger partial charge is 0.258 e. The number of fused-ring (bicyclic) bond motifs is 1. The summed E-state index contributed by atoms with van der Waals surface area (Å²) in [6.07, 6.45) is 1.63. The van der Waals surface area contributed by atoms with E-state index in [1.165, 1.54) is 5.56 Å². The van der Waals surface area contributed by atoms with Crippen LogP contribution in [0.2, 0.25) is 0 Å². The van der Waals surface area contributed by atoms with Crippen LogP contribution in [-0.4, -0.2) is 27.8 Å². The van der Waals surface area contributed by atoms with E-state index >= 15 is 0 Å². The Hall–Kier alpha value is -2.95. The van der Waals surface area contributed by atoms with Gasteiger partial charge in [0, 0.05) is 19.9 Å². The Labute approximate surface area is 159 Å². The average molecular weight is 363 g/mol. The van der Waals surface area contributed by atoms with Crippen LogP contribution in [-0.2, 0) is 11.2 Å². The number of H-pyrrole nitrogens is 1. The van der Waals surface area contributed by atoms with Crippen molar-refractivity contribution in [1.29, 1.82) is 0 Å². The monoisotopic (exact) mass is 363 g/mol. The second-order valence-corrected chi connectivity index (χ2v) is 6.97. The van der Waals surface area contributed by atoms with Gasteiger partial charge in [0.15, 0.2) is 0 Å². The molecule has 5 heteroatoms. The lowest BCUT2D eigenvalue weighted by atomic mass is 10.0. The highest BCUT2D eigenvalue weighted by Crippen LogP contribution is 2.20. The van der Waals surface area contributed by atoms with Crippen molar-refractivity contribution in [3.8, 4) is 0 Å². The molecule has 1 unspecified atom stereocenters. The highest BCUT2D eigenvalue weighted by atomic mass is 16.2. The van der Waals surface area contributed by atoms with Crippen molar-refractivity contribution in [2.75, 3.05) is 7.05 Å². The van der Waals surface area contributed by atoms with Crippen LogP contribution in [0.5, 0.6) is 0 Å². The quantitative estimate of drug-likeness (QED) is 0.725. The van der Waals surface area contributed by atoms with Crippen LogP contribution in [0.25, 0.3) is 10.9 Å². The molecule has 1 atom stereocenters. The number of aromatic nitrogens is 2. The van der Waals surface area contributed by atoms with Crippen LogP contribution in [0.4, 0.5) is 0 Å². The number of amides is 1. The minimum absolute atomic E-state index is 0.0247. The summed E-state index contributed by atoms with van der Waals surface area (Å²) < 4.78 is 0. The first-order valence-corrected chi connectivity index (χ1v) is 9.26. The first-order valence-electron chi connectivity index (χ1n) is 9.26. The summed E-state index contributed by atoms with van der Waals surface area (Å²) >= 11 is 0. The molecule has 0 aliphatic rings. The number of carbonyl (C=O) groups is 1. The Morgan fingerprint density at radius 2 is 1.85 bits per heavy atom. The maximum atomic E-state index is 12.5. The highest BCUT2D eigenvalue weighted by molar-refractivity contribution is 5.77. The average Bonchev–Trinajstić information content (AvgIpc) is 2.67. The Morgan fingerprint density at radius 1 is 1.15 bits per heavy atom. The maximum absolute atomic E-state index is 12.5. The zero-order valence-electron chi connectivity index (χ0n) is 16.0. The SMILES string of the molecule is Cc1ccc(C(C)N(C)C(=O)CCCc2nc3ccccc3c(=O)[nH]2)cc1. The molecule has 0 aliphatic heterocycles. The molecule has 0 bridgehead atoms. The van der Waals surface area contributed by atoms with E-state index < -0.39 is 0 Å². The van der Waals surface area contributed by atoms with Crippen LogP contribution in [0.3, 0.4) is 0 Å². The first-order chi connectivity index (χ1) is 13.0. The van der Waals surface area contributed by atoms with Crippen LogP contribution in [0, 0.1) is 6.92 Å². The van der Waals surface area contributed by atoms with Gasteiger partial charge in [0.05, 0.1) is 16.9 Å². The van der Waals surface area contributed by atoms with Crippen molar-refractivity contribution >= 4 is 16.8 Å². The molecular formula is C22H25N3O2. The summed E-state index contributed by atoms with van der Waals surface area (Å²) in [6.45, 7) is 4.08. The number of nitrogens with zero attached hydrogens (tertiary/aromatic N) is 2. The van der Waals surface area contributed by atoms with Gasteiger partial charge in [-0.15, -0.1) is 0 Å². The Kier molecular flexibility index (Phi) is 5.69. The molecule has 1 heterocycles. The van der Waals surface area contributed by atoms with E-state index in [1.807, 2.05) is 32.2 Å². The molecule has 1 aromatic heterocycles. The van der Waals surface area contributed by atoms with Gasteiger partial charge in [-0.25, -0.2) is 4.98 Å². The molecule has 27 heavy (non-hydrogen) atoms. The fourth-order valence-corrected chi connectivity index (χ4v) is 3.12. The van der Waals surface area contributed by atoms with Gasteiger partial charge in [-0.1, -0.05) is 42.0 Å². The van der Waals surface area contributed by atoms with E-state index in [2.05, 4.69) is 41.2 Å². The van der Waals surface area contributed by atoms with Gasteiger partial charge in [0.2, 0.25) is 5.91 Å². The summed E-state index contributed by atoms with van der Waals surface area (Å²) in [5.41, 5.74) is 2.88.